The fraction of sp³-hybridized carbons (Fsp3) is 0.222. The predicted molar refractivity (Wildman–Crippen MR) is 141 cm³/mol. The van der Waals surface area contributed by atoms with E-state index in [2.05, 4.69) is 5.10 Å². The van der Waals surface area contributed by atoms with Crippen LogP contribution in [-0.4, -0.2) is 64.8 Å². The van der Waals surface area contributed by atoms with Crippen LogP contribution in [0.2, 0.25) is 0 Å². The molecule has 5 rings (SSSR count). The molecule has 0 radical (unpaired) electrons. The number of carboxylic acids is 1. The Balaban J connectivity index is 1.50. The number of carboxylic acid groups (broad SMARTS) is 1. The molecule has 0 spiro atoms. The fourth-order valence-corrected chi connectivity index (χ4v) is 5.66. The number of benzene rings is 3. The molecule has 4 aromatic rings. The minimum Gasteiger partial charge on any atom is -0.478 e. The SMILES string of the molecule is Cn1ncc2ccc(-c3cccc(N(Cc4ccc(C(=O)O)cc4)C(=O)N4CCS(=O)(=O)CC4)c3)cc21. The molecular weight excluding hydrogens is 492 g/mol. The second-order valence-electron chi connectivity index (χ2n) is 9.10. The van der Waals surface area contributed by atoms with Gasteiger partial charge >= 0.3 is 12.0 Å². The van der Waals surface area contributed by atoms with Crippen LogP contribution in [-0.2, 0) is 23.4 Å². The van der Waals surface area contributed by atoms with Crippen molar-refractivity contribution in [3.63, 3.8) is 0 Å². The first-order valence-electron chi connectivity index (χ1n) is 11.8. The average Bonchev–Trinajstić information content (AvgIpc) is 3.27. The zero-order chi connectivity index (χ0) is 26.2. The van der Waals surface area contributed by atoms with Gasteiger partial charge in [-0.15, -0.1) is 0 Å². The molecule has 1 aromatic heterocycles. The number of hydrogen-bond acceptors (Lipinski definition) is 5. The fourth-order valence-electron chi connectivity index (χ4n) is 4.46. The maximum atomic E-state index is 13.7. The minimum atomic E-state index is -3.15. The first-order chi connectivity index (χ1) is 17.7. The van der Waals surface area contributed by atoms with Crippen LogP contribution in [0.15, 0.2) is 72.9 Å². The Morgan fingerprint density at radius 3 is 2.38 bits per heavy atom. The first kappa shape index (κ1) is 24.5. The maximum absolute atomic E-state index is 13.7. The molecule has 1 aliphatic rings. The van der Waals surface area contributed by atoms with Crippen molar-refractivity contribution in [3.8, 4) is 11.1 Å². The number of fused-ring (bicyclic) bond motifs is 1. The van der Waals surface area contributed by atoms with Crippen molar-refractivity contribution < 1.29 is 23.1 Å². The molecule has 9 nitrogen and oxygen atoms in total. The summed E-state index contributed by atoms with van der Waals surface area (Å²) in [6, 6.07) is 19.8. The summed E-state index contributed by atoms with van der Waals surface area (Å²) in [6.45, 7) is 0.463. The number of sulfone groups is 1. The van der Waals surface area contributed by atoms with E-state index in [0.717, 1.165) is 27.6 Å². The van der Waals surface area contributed by atoms with E-state index in [1.54, 1.807) is 21.9 Å². The third-order valence-corrected chi connectivity index (χ3v) is 8.24. The molecule has 1 N–H and O–H groups in total. The molecule has 0 unspecified atom stereocenters. The Morgan fingerprint density at radius 1 is 0.973 bits per heavy atom. The molecule has 1 fully saturated rings. The van der Waals surface area contributed by atoms with E-state index >= 15 is 0 Å². The van der Waals surface area contributed by atoms with Gasteiger partial charge in [0.05, 0.1) is 35.3 Å². The molecule has 2 amide bonds. The third-order valence-electron chi connectivity index (χ3n) is 6.63. The molecule has 0 aliphatic carbocycles. The van der Waals surface area contributed by atoms with Gasteiger partial charge in [-0.25, -0.2) is 18.0 Å². The molecule has 10 heteroatoms. The normalized spacial score (nSPS) is 15.0. The van der Waals surface area contributed by atoms with Gasteiger partial charge in [0.2, 0.25) is 0 Å². The van der Waals surface area contributed by atoms with Gasteiger partial charge < -0.3 is 10.0 Å². The zero-order valence-electron chi connectivity index (χ0n) is 20.2. The van der Waals surface area contributed by atoms with Crippen molar-refractivity contribution in [2.45, 2.75) is 6.54 Å². The van der Waals surface area contributed by atoms with E-state index < -0.39 is 15.8 Å². The van der Waals surface area contributed by atoms with Gasteiger partial charge in [-0.2, -0.15) is 5.10 Å². The standard InChI is InChI=1S/C27H26N4O5S/c1-29-25-16-22(9-10-23(25)17-28-29)21-3-2-4-24(15-21)31(18-19-5-7-20(8-6-19)26(32)33)27(34)30-11-13-37(35,36)14-12-30/h2-10,15-17H,11-14,18H2,1H3,(H,32,33). The van der Waals surface area contributed by atoms with Crippen LogP contribution in [0, 0.1) is 0 Å². The molecule has 1 saturated heterocycles. The van der Waals surface area contributed by atoms with Crippen molar-refractivity contribution in [2.75, 3.05) is 29.5 Å². The van der Waals surface area contributed by atoms with Crippen LogP contribution in [0.3, 0.4) is 0 Å². The third kappa shape index (κ3) is 5.19. The van der Waals surface area contributed by atoms with E-state index in [4.69, 9.17) is 0 Å². The number of urea groups is 1. The van der Waals surface area contributed by atoms with Crippen molar-refractivity contribution in [3.05, 3.63) is 84.1 Å². The molecule has 37 heavy (non-hydrogen) atoms. The summed E-state index contributed by atoms with van der Waals surface area (Å²) >= 11 is 0. The number of aryl methyl sites for hydroxylation is 1. The summed E-state index contributed by atoms with van der Waals surface area (Å²) < 4.78 is 25.7. The van der Waals surface area contributed by atoms with Gasteiger partial charge in [-0.05, 0) is 47.0 Å². The molecular formula is C27H26N4O5S. The van der Waals surface area contributed by atoms with Crippen molar-refractivity contribution in [1.29, 1.82) is 0 Å². The van der Waals surface area contributed by atoms with E-state index in [-0.39, 0.29) is 42.7 Å². The van der Waals surface area contributed by atoms with Gasteiger partial charge in [-0.1, -0.05) is 36.4 Å². The van der Waals surface area contributed by atoms with Gasteiger partial charge in [0, 0.05) is 31.2 Å². The minimum absolute atomic E-state index is 0.0648. The number of aromatic nitrogens is 2. The van der Waals surface area contributed by atoms with Gasteiger partial charge in [-0.3, -0.25) is 9.58 Å². The number of nitrogens with zero attached hydrogens (tertiary/aromatic N) is 4. The van der Waals surface area contributed by atoms with Crippen molar-refractivity contribution in [2.24, 2.45) is 7.05 Å². The van der Waals surface area contributed by atoms with Crippen molar-refractivity contribution in [1.82, 2.24) is 14.7 Å². The molecule has 3 aromatic carbocycles. The summed E-state index contributed by atoms with van der Waals surface area (Å²) in [5.74, 6) is -1.15. The van der Waals surface area contributed by atoms with Gasteiger partial charge in [0.1, 0.15) is 0 Å². The summed E-state index contributed by atoms with van der Waals surface area (Å²) in [6.07, 6.45) is 1.81. The monoisotopic (exact) mass is 518 g/mol. The van der Waals surface area contributed by atoms with E-state index in [1.165, 1.54) is 12.1 Å². The highest BCUT2D eigenvalue weighted by Gasteiger charge is 2.29. The van der Waals surface area contributed by atoms with E-state index in [1.807, 2.05) is 60.4 Å². The number of anilines is 1. The summed E-state index contributed by atoms with van der Waals surface area (Å²) in [5.41, 5.74) is 4.45. The number of carbonyl (C=O) groups excluding carboxylic acids is 1. The lowest BCUT2D eigenvalue weighted by Gasteiger charge is -2.33. The topological polar surface area (TPSA) is 113 Å². The van der Waals surface area contributed by atoms with Crippen molar-refractivity contribution >= 4 is 38.4 Å². The van der Waals surface area contributed by atoms with Gasteiger partial charge in [0.15, 0.2) is 9.84 Å². The number of rotatable bonds is 5. The van der Waals surface area contributed by atoms with E-state index in [0.29, 0.717) is 5.69 Å². The number of amides is 2. The Labute approximate surface area is 214 Å². The highest BCUT2D eigenvalue weighted by atomic mass is 32.2. The number of carbonyl (C=O) groups is 2. The largest absolute Gasteiger partial charge is 0.478 e. The Kier molecular flexibility index (Phi) is 6.43. The summed E-state index contributed by atoms with van der Waals surface area (Å²) in [5, 5.41) is 14.6. The Hall–Kier alpha value is -4.18. The summed E-state index contributed by atoms with van der Waals surface area (Å²) in [7, 11) is -1.26. The van der Waals surface area contributed by atoms with Crippen LogP contribution in [0.1, 0.15) is 15.9 Å². The lowest BCUT2D eigenvalue weighted by molar-refractivity contribution is 0.0696. The first-order valence-corrected chi connectivity index (χ1v) is 13.6. The lowest BCUT2D eigenvalue weighted by atomic mass is 10.0. The molecule has 0 saturated carbocycles. The second-order valence-corrected chi connectivity index (χ2v) is 11.4. The number of aromatic carboxylic acids is 1. The molecule has 0 bridgehead atoms. The molecule has 0 atom stereocenters. The van der Waals surface area contributed by atoms with Crippen LogP contribution >= 0.6 is 0 Å². The summed E-state index contributed by atoms with van der Waals surface area (Å²) in [4.78, 5) is 28.1. The molecule has 2 heterocycles. The molecule has 190 valence electrons. The highest BCUT2D eigenvalue weighted by molar-refractivity contribution is 7.91. The predicted octanol–water partition coefficient (Wildman–Crippen LogP) is 3.80. The maximum Gasteiger partial charge on any atom is 0.335 e. The van der Waals surface area contributed by atoms with Gasteiger partial charge in [0.25, 0.3) is 0 Å². The van der Waals surface area contributed by atoms with Crippen LogP contribution < -0.4 is 4.90 Å². The zero-order valence-corrected chi connectivity index (χ0v) is 21.1. The number of hydrogen-bond donors (Lipinski definition) is 1. The Bertz CT molecular complexity index is 1580. The van der Waals surface area contributed by atoms with Crippen LogP contribution in [0.4, 0.5) is 10.5 Å². The highest BCUT2D eigenvalue weighted by Crippen LogP contribution is 2.29. The van der Waals surface area contributed by atoms with E-state index in [9.17, 15) is 23.1 Å². The lowest BCUT2D eigenvalue weighted by Crippen LogP contribution is -2.49. The molecule has 1 aliphatic heterocycles. The van der Waals surface area contributed by atoms with Crippen LogP contribution in [0.25, 0.3) is 22.0 Å². The van der Waals surface area contributed by atoms with Crippen LogP contribution in [0.5, 0.6) is 0 Å². The Morgan fingerprint density at radius 2 is 1.68 bits per heavy atom. The average molecular weight is 519 g/mol. The smallest absolute Gasteiger partial charge is 0.335 e. The second kappa shape index (κ2) is 9.70. The quantitative estimate of drug-likeness (QED) is 0.430.